The Kier molecular flexibility index (Phi) is 5.08. The van der Waals surface area contributed by atoms with Crippen LogP contribution in [0.2, 0.25) is 0 Å². The van der Waals surface area contributed by atoms with Crippen LogP contribution < -0.4 is 0 Å². The van der Waals surface area contributed by atoms with Gasteiger partial charge in [0.25, 0.3) is 0 Å². The van der Waals surface area contributed by atoms with Crippen LogP contribution in [0.5, 0.6) is 0 Å². The fourth-order valence-electron chi connectivity index (χ4n) is 1.90. The molecular weight excluding hydrogens is 228 g/mol. The van der Waals surface area contributed by atoms with Gasteiger partial charge < -0.3 is 5.11 Å². The Balaban J connectivity index is 2.72. The predicted molar refractivity (Wildman–Crippen MR) is 70.7 cm³/mol. The maximum absolute atomic E-state index is 11.6. The fraction of sp³-hybridized carbons (Fsp3) is 0.467. The van der Waals surface area contributed by atoms with Gasteiger partial charge in [-0.1, -0.05) is 45.0 Å². The molecule has 0 aliphatic rings. The van der Waals surface area contributed by atoms with Gasteiger partial charge in [-0.15, -0.1) is 0 Å². The van der Waals surface area contributed by atoms with Crippen molar-refractivity contribution in [2.75, 3.05) is 0 Å². The van der Waals surface area contributed by atoms with E-state index in [4.69, 9.17) is 5.11 Å². The Bertz CT molecular complexity index is 418. The largest absolute Gasteiger partial charge is 0.481 e. The number of aliphatic carboxylic acids is 1. The summed E-state index contributed by atoms with van der Waals surface area (Å²) in [6.45, 7) is 6.07. The van der Waals surface area contributed by atoms with Crippen molar-refractivity contribution in [2.45, 2.75) is 39.5 Å². The molecule has 0 saturated carbocycles. The van der Waals surface area contributed by atoms with E-state index in [0.29, 0.717) is 5.92 Å². The number of benzene rings is 1. The maximum atomic E-state index is 11.6. The SMILES string of the molecule is CC(C)Cc1ccc(C(C)C(=O)CC(=O)O)cc1. The molecule has 1 aromatic carbocycles. The van der Waals surface area contributed by atoms with Crippen molar-refractivity contribution >= 4 is 11.8 Å². The molecule has 1 atom stereocenters. The summed E-state index contributed by atoms with van der Waals surface area (Å²) >= 11 is 0. The molecule has 1 unspecified atom stereocenters. The summed E-state index contributed by atoms with van der Waals surface area (Å²) in [6.07, 6.45) is 0.604. The number of ketones is 1. The van der Waals surface area contributed by atoms with Crippen molar-refractivity contribution in [3.63, 3.8) is 0 Å². The minimum atomic E-state index is -1.07. The number of carbonyl (C=O) groups is 2. The second-order valence-corrected chi connectivity index (χ2v) is 5.10. The zero-order valence-corrected chi connectivity index (χ0v) is 11.1. The molecule has 3 heteroatoms. The first kappa shape index (κ1) is 14.4. The highest BCUT2D eigenvalue weighted by Crippen LogP contribution is 2.19. The summed E-state index contributed by atoms with van der Waals surface area (Å²) in [4.78, 5) is 22.1. The highest BCUT2D eigenvalue weighted by atomic mass is 16.4. The number of hydrogen-bond acceptors (Lipinski definition) is 2. The second-order valence-electron chi connectivity index (χ2n) is 5.10. The first-order chi connectivity index (χ1) is 8.40. The lowest BCUT2D eigenvalue weighted by atomic mass is 9.93. The van der Waals surface area contributed by atoms with Crippen molar-refractivity contribution in [3.05, 3.63) is 35.4 Å². The van der Waals surface area contributed by atoms with Crippen LogP contribution in [0.3, 0.4) is 0 Å². The van der Waals surface area contributed by atoms with Gasteiger partial charge in [0, 0.05) is 5.92 Å². The predicted octanol–water partition coefficient (Wildman–Crippen LogP) is 3.03. The summed E-state index contributed by atoms with van der Waals surface area (Å²) in [7, 11) is 0. The topological polar surface area (TPSA) is 54.4 Å². The molecule has 0 fully saturated rings. The van der Waals surface area contributed by atoms with Crippen LogP contribution in [0.1, 0.15) is 44.2 Å². The van der Waals surface area contributed by atoms with Gasteiger partial charge in [0.2, 0.25) is 0 Å². The van der Waals surface area contributed by atoms with E-state index in [1.807, 2.05) is 24.3 Å². The van der Waals surface area contributed by atoms with Crippen LogP contribution in [0.15, 0.2) is 24.3 Å². The van der Waals surface area contributed by atoms with Gasteiger partial charge in [0.15, 0.2) is 5.78 Å². The lowest BCUT2D eigenvalue weighted by molar-refractivity contribution is -0.140. The molecule has 3 nitrogen and oxygen atoms in total. The quantitative estimate of drug-likeness (QED) is 0.787. The van der Waals surface area contributed by atoms with E-state index >= 15 is 0 Å². The summed E-state index contributed by atoms with van der Waals surface area (Å²) in [5.41, 5.74) is 2.13. The third kappa shape index (κ3) is 4.32. The average Bonchev–Trinajstić information content (AvgIpc) is 2.27. The Morgan fingerprint density at radius 2 is 1.67 bits per heavy atom. The Labute approximate surface area is 108 Å². The zero-order valence-electron chi connectivity index (χ0n) is 11.1. The fourth-order valence-corrected chi connectivity index (χ4v) is 1.90. The van der Waals surface area contributed by atoms with Crippen molar-refractivity contribution in [2.24, 2.45) is 5.92 Å². The van der Waals surface area contributed by atoms with Crippen LogP contribution >= 0.6 is 0 Å². The molecule has 0 saturated heterocycles. The minimum absolute atomic E-state index is 0.251. The summed E-state index contributed by atoms with van der Waals surface area (Å²) in [5, 5.41) is 8.60. The second kappa shape index (κ2) is 6.34. The number of carboxylic acids is 1. The molecule has 0 bridgehead atoms. The third-order valence-corrected chi connectivity index (χ3v) is 2.93. The van der Waals surface area contributed by atoms with Crippen molar-refractivity contribution in [1.82, 2.24) is 0 Å². The molecule has 0 radical (unpaired) electrons. The highest BCUT2D eigenvalue weighted by molar-refractivity contribution is 5.98. The number of Topliss-reactive ketones (excluding diaryl/α,β-unsaturated/α-hetero) is 1. The van der Waals surface area contributed by atoms with Gasteiger partial charge in [0.1, 0.15) is 6.42 Å². The smallest absolute Gasteiger partial charge is 0.310 e. The molecule has 0 amide bonds. The van der Waals surface area contributed by atoms with Gasteiger partial charge in [-0.2, -0.15) is 0 Å². The molecule has 1 rings (SSSR count). The van der Waals surface area contributed by atoms with Crippen LogP contribution in [-0.2, 0) is 16.0 Å². The molecule has 0 spiro atoms. The van der Waals surface area contributed by atoms with Gasteiger partial charge in [-0.3, -0.25) is 9.59 Å². The Hall–Kier alpha value is -1.64. The standard InChI is InChI=1S/C15H20O3/c1-10(2)8-12-4-6-13(7-5-12)11(3)14(16)9-15(17)18/h4-7,10-11H,8-9H2,1-3H3,(H,17,18). The number of carboxylic acid groups (broad SMARTS) is 1. The number of rotatable bonds is 6. The van der Waals surface area contributed by atoms with Gasteiger partial charge in [0.05, 0.1) is 0 Å². The van der Waals surface area contributed by atoms with Crippen molar-refractivity contribution in [3.8, 4) is 0 Å². The molecule has 0 aliphatic carbocycles. The maximum Gasteiger partial charge on any atom is 0.310 e. The lowest BCUT2D eigenvalue weighted by Gasteiger charge is -2.11. The molecule has 0 heterocycles. The Morgan fingerprint density at radius 3 is 2.11 bits per heavy atom. The van der Waals surface area contributed by atoms with Crippen molar-refractivity contribution < 1.29 is 14.7 Å². The van der Waals surface area contributed by atoms with Gasteiger partial charge in [-0.25, -0.2) is 0 Å². The van der Waals surface area contributed by atoms with Gasteiger partial charge in [-0.05, 0) is 23.5 Å². The van der Waals surface area contributed by atoms with E-state index in [9.17, 15) is 9.59 Å². The van der Waals surface area contributed by atoms with E-state index in [1.54, 1.807) is 6.92 Å². The summed E-state index contributed by atoms with van der Waals surface area (Å²) < 4.78 is 0. The molecule has 1 N–H and O–H groups in total. The van der Waals surface area contributed by atoms with Crippen LogP contribution in [0, 0.1) is 5.92 Å². The van der Waals surface area contributed by atoms with Gasteiger partial charge >= 0.3 is 5.97 Å². The number of hydrogen-bond donors (Lipinski definition) is 1. The van der Waals surface area contributed by atoms with E-state index < -0.39 is 12.4 Å². The van der Waals surface area contributed by atoms with E-state index in [0.717, 1.165) is 12.0 Å². The normalized spacial score (nSPS) is 12.4. The first-order valence-electron chi connectivity index (χ1n) is 6.23. The number of carbonyl (C=O) groups excluding carboxylic acids is 1. The molecule has 18 heavy (non-hydrogen) atoms. The molecule has 1 aromatic rings. The molecule has 98 valence electrons. The van der Waals surface area contributed by atoms with E-state index in [2.05, 4.69) is 13.8 Å². The molecule has 0 aromatic heterocycles. The highest BCUT2D eigenvalue weighted by Gasteiger charge is 2.17. The van der Waals surface area contributed by atoms with Crippen LogP contribution in [0.4, 0.5) is 0 Å². The lowest BCUT2D eigenvalue weighted by Crippen LogP contribution is -2.13. The monoisotopic (exact) mass is 248 g/mol. The zero-order chi connectivity index (χ0) is 13.7. The third-order valence-electron chi connectivity index (χ3n) is 2.93. The van der Waals surface area contributed by atoms with Crippen molar-refractivity contribution in [1.29, 1.82) is 0 Å². The van der Waals surface area contributed by atoms with E-state index in [-0.39, 0.29) is 11.7 Å². The molecule has 0 aliphatic heterocycles. The Morgan fingerprint density at radius 1 is 1.11 bits per heavy atom. The van der Waals surface area contributed by atoms with E-state index in [1.165, 1.54) is 5.56 Å². The van der Waals surface area contributed by atoms with Crippen LogP contribution in [-0.4, -0.2) is 16.9 Å². The average molecular weight is 248 g/mol. The molecular formula is C15H20O3. The summed E-state index contributed by atoms with van der Waals surface area (Å²) in [5.74, 6) is -1.07. The van der Waals surface area contributed by atoms with Crippen LogP contribution in [0.25, 0.3) is 0 Å². The summed E-state index contributed by atoms with van der Waals surface area (Å²) in [6, 6.07) is 7.87. The first-order valence-corrected chi connectivity index (χ1v) is 6.23. The minimum Gasteiger partial charge on any atom is -0.481 e.